The number of aromatic nitrogens is 1. The van der Waals surface area contributed by atoms with Gasteiger partial charge in [0.05, 0.1) is 22.1 Å². The average Bonchev–Trinajstić information content (AvgIpc) is 2.29. The second kappa shape index (κ2) is 5.47. The minimum absolute atomic E-state index is 0.619. The van der Waals surface area contributed by atoms with E-state index < -0.39 is 0 Å². The van der Waals surface area contributed by atoms with Crippen LogP contribution in [0.25, 0.3) is 5.70 Å². The van der Waals surface area contributed by atoms with Gasteiger partial charge in [-0.2, -0.15) is 0 Å². The molecular weight excluding hydrogens is 208 g/mol. The predicted octanol–water partition coefficient (Wildman–Crippen LogP) is 3.66. The highest BCUT2D eigenvalue weighted by Crippen LogP contribution is 2.13. The standard InChI is InChI=1S/C12H13ClN2/c1-4-11(13)9(2)15-10(3)12-7-5-6-8-14-12/h4-8H,3H2,1-2H3. The van der Waals surface area contributed by atoms with Crippen LogP contribution in [0.1, 0.15) is 19.5 Å². The summed E-state index contributed by atoms with van der Waals surface area (Å²) in [7, 11) is 0. The summed E-state index contributed by atoms with van der Waals surface area (Å²) in [6.07, 6.45) is 3.51. The van der Waals surface area contributed by atoms with Crippen LogP contribution in [0.4, 0.5) is 0 Å². The second-order valence-corrected chi connectivity index (χ2v) is 3.40. The summed E-state index contributed by atoms with van der Waals surface area (Å²) in [5.74, 6) is 0. The van der Waals surface area contributed by atoms with Crippen LogP contribution >= 0.6 is 11.6 Å². The van der Waals surface area contributed by atoms with Crippen LogP contribution in [-0.4, -0.2) is 10.7 Å². The zero-order valence-electron chi connectivity index (χ0n) is 8.87. The largest absolute Gasteiger partial charge is 0.255 e. The molecule has 0 saturated heterocycles. The van der Waals surface area contributed by atoms with Crippen molar-refractivity contribution in [1.82, 2.24) is 4.98 Å². The van der Waals surface area contributed by atoms with Crippen molar-refractivity contribution in [3.8, 4) is 0 Å². The van der Waals surface area contributed by atoms with E-state index in [4.69, 9.17) is 11.6 Å². The Balaban J connectivity index is 2.89. The van der Waals surface area contributed by atoms with Crippen LogP contribution in [0.3, 0.4) is 0 Å². The summed E-state index contributed by atoms with van der Waals surface area (Å²) in [6, 6.07) is 5.62. The molecule has 0 radical (unpaired) electrons. The Morgan fingerprint density at radius 2 is 2.27 bits per heavy atom. The van der Waals surface area contributed by atoms with Gasteiger partial charge in [-0.1, -0.05) is 30.3 Å². The molecule has 0 aliphatic heterocycles. The second-order valence-electron chi connectivity index (χ2n) is 3.00. The molecule has 2 nitrogen and oxygen atoms in total. The highest BCUT2D eigenvalue weighted by atomic mass is 35.5. The van der Waals surface area contributed by atoms with Crippen molar-refractivity contribution in [3.63, 3.8) is 0 Å². The number of allylic oxidation sites excluding steroid dienone is 2. The van der Waals surface area contributed by atoms with Gasteiger partial charge in [0.2, 0.25) is 0 Å². The van der Waals surface area contributed by atoms with Crippen molar-refractivity contribution >= 4 is 23.0 Å². The van der Waals surface area contributed by atoms with Crippen LogP contribution < -0.4 is 0 Å². The van der Waals surface area contributed by atoms with Crippen molar-refractivity contribution in [1.29, 1.82) is 0 Å². The van der Waals surface area contributed by atoms with Crippen molar-refractivity contribution < 1.29 is 0 Å². The zero-order valence-corrected chi connectivity index (χ0v) is 9.62. The Kier molecular flexibility index (Phi) is 4.25. The Labute approximate surface area is 95.0 Å². The molecule has 1 aromatic rings. The summed E-state index contributed by atoms with van der Waals surface area (Å²) < 4.78 is 0. The number of hydrogen-bond acceptors (Lipinski definition) is 2. The molecule has 0 fully saturated rings. The molecule has 0 amide bonds. The van der Waals surface area contributed by atoms with Gasteiger partial charge >= 0.3 is 0 Å². The van der Waals surface area contributed by atoms with Gasteiger partial charge in [0.1, 0.15) is 0 Å². The van der Waals surface area contributed by atoms with Crippen molar-refractivity contribution in [3.05, 3.63) is 47.8 Å². The third-order valence-corrected chi connectivity index (χ3v) is 2.35. The van der Waals surface area contributed by atoms with Crippen molar-refractivity contribution in [2.75, 3.05) is 0 Å². The van der Waals surface area contributed by atoms with Gasteiger partial charge < -0.3 is 0 Å². The van der Waals surface area contributed by atoms with Gasteiger partial charge in [0.25, 0.3) is 0 Å². The van der Waals surface area contributed by atoms with Crippen molar-refractivity contribution in [2.45, 2.75) is 13.8 Å². The molecule has 1 aromatic heterocycles. The molecule has 0 saturated carbocycles. The minimum atomic E-state index is 0.619. The lowest BCUT2D eigenvalue weighted by molar-refractivity contribution is 1.26. The first kappa shape index (κ1) is 11.7. The van der Waals surface area contributed by atoms with E-state index in [0.717, 1.165) is 11.4 Å². The maximum absolute atomic E-state index is 5.92. The van der Waals surface area contributed by atoms with Crippen LogP contribution in [0.15, 0.2) is 47.1 Å². The number of nitrogens with zero attached hydrogens (tertiary/aromatic N) is 2. The molecule has 0 spiro atoms. The summed E-state index contributed by atoms with van der Waals surface area (Å²) in [5, 5.41) is 0.632. The number of aliphatic imine (C=N–C) groups is 1. The molecule has 78 valence electrons. The lowest BCUT2D eigenvalue weighted by Crippen LogP contribution is -1.93. The van der Waals surface area contributed by atoms with E-state index >= 15 is 0 Å². The first-order valence-electron chi connectivity index (χ1n) is 4.63. The van der Waals surface area contributed by atoms with E-state index in [1.165, 1.54) is 0 Å². The first-order valence-corrected chi connectivity index (χ1v) is 5.00. The molecule has 0 aliphatic rings. The maximum atomic E-state index is 5.92. The highest BCUT2D eigenvalue weighted by molar-refractivity contribution is 6.43. The third-order valence-electron chi connectivity index (χ3n) is 1.86. The lowest BCUT2D eigenvalue weighted by Gasteiger charge is -2.01. The molecule has 1 heterocycles. The molecule has 0 N–H and O–H groups in total. The fourth-order valence-electron chi connectivity index (χ4n) is 1.06. The Morgan fingerprint density at radius 3 is 2.80 bits per heavy atom. The number of halogens is 1. The summed E-state index contributed by atoms with van der Waals surface area (Å²) >= 11 is 5.92. The molecular formula is C12H13ClN2. The van der Waals surface area contributed by atoms with E-state index in [-0.39, 0.29) is 0 Å². The molecule has 15 heavy (non-hydrogen) atoms. The fraction of sp³-hybridized carbons (Fsp3) is 0.167. The maximum Gasteiger partial charge on any atom is 0.0880 e. The smallest absolute Gasteiger partial charge is 0.0880 e. The van der Waals surface area contributed by atoms with Gasteiger partial charge in [-0.15, -0.1) is 0 Å². The lowest BCUT2D eigenvalue weighted by atomic mass is 10.3. The van der Waals surface area contributed by atoms with Gasteiger partial charge in [-0.05, 0) is 26.0 Å². The minimum Gasteiger partial charge on any atom is -0.255 e. The van der Waals surface area contributed by atoms with Gasteiger partial charge in [0, 0.05) is 6.20 Å². The van der Waals surface area contributed by atoms with E-state index in [2.05, 4.69) is 16.6 Å². The third kappa shape index (κ3) is 3.33. The molecule has 0 bridgehead atoms. The predicted molar refractivity (Wildman–Crippen MR) is 66.0 cm³/mol. The molecule has 0 aromatic carbocycles. The monoisotopic (exact) mass is 220 g/mol. The van der Waals surface area contributed by atoms with E-state index in [9.17, 15) is 0 Å². The summed E-state index contributed by atoms with van der Waals surface area (Å²) in [5.41, 5.74) is 2.13. The Hall–Kier alpha value is -1.41. The van der Waals surface area contributed by atoms with Crippen LogP contribution in [0.5, 0.6) is 0 Å². The quantitative estimate of drug-likeness (QED) is 0.714. The molecule has 1 rings (SSSR count). The molecule has 0 atom stereocenters. The van der Waals surface area contributed by atoms with E-state index in [1.807, 2.05) is 32.0 Å². The van der Waals surface area contributed by atoms with Crippen LogP contribution in [0.2, 0.25) is 0 Å². The van der Waals surface area contributed by atoms with Gasteiger partial charge in [-0.25, -0.2) is 0 Å². The zero-order chi connectivity index (χ0) is 11.3. The topological polar surface area (TPSA) is 25.2 Å². The van der Waals surface area contributed by atoms with E-state index in [1.54, 1.807) is 12.3 Å². The molecule has 3 heteroatoms. The van der Waals surface area contributed by atoms with Crippen LogP contribution in [0, 0.1) is 0 Å². The van der Waals surface area contributed by atoms with Crippen LogP contribution in [-0.2, 0) is 0 Å². The normalized spacial score (nSPS) is 12.7. The van der Waals surface area contributed by atoms with E-state index in [0.29, 0.717) is 10.7 Å². The summed E-state index contributed by atoms with van der Waals surface area (Å²) in [4.78, 5) is 8.43. The fourth-order valence-corrected chi connectivity index (χ4v) is 1.10. The number of pyridine rings is 1. The summed E-state index contributed by atoms with van der Waals surface area (Å²) in [6.45, 7) is 7.56. The van der Waals surface area contributed by atoms with Crippen molar-refractivity contribution in [2.24, 2.45) is 4.99 Å². The number of rotatable bonds is 3. The first-order chi connectivity index (χ1) is 7.15. The Bertz CT molecular complexity index is 405. The average molecular weight is 221 g/mol. The Morgan fingerprint density at radius 1 is 1.53 bits per heavy atom. The highest BCUT2D eigenvalue weighted by Gasteiger charge is 2.00. The molecule has 0 aliphatic carbocycles. The van der Waals surface area contributed by atoms with Gasteiger partial charge in [0.15, 0.2) is 0 Å². The number of hydrogen-bond donors (Lipinski definition) is 0. The van der Waals surface area contributed by atoms with Gasteiger partial charge in [-0.3, -0.25) is 9.98 Å². The molecule has 0 unspecified atom stereocenters. The SMILES string of the molecule is C=C(N=C(C)C(Cl)=CC)c1ccccn1.